The zero-order chi connectivity index (χ0) is 23.3. The van der Waals surface area contributed by atoms with E-state index in [1.54, 1.807) is 0 Å². The minimum atomic E-state index is -4.04. The highest BCUT2D eigenvalue weighted by Gasteiger charge is 2.52. The SMILES string of the molecule is CCCCCCCCN(CCCCCCCC)S(=O)(=O)[C@@H]1O[C@@H]([C@@H](O)CO)[C@H](O)[C@H]1O. The van der Waals surface area contributed by atoms with Crippen molar-refractivity contribution >= 4 is 10.0 Å². The molecule has 9 heteroatoms. The van der Waals surface area contributed by atoms with E-state index in [2.05, 4.69) is 13.8 Å². The Hall–Kier alpha value is -0.290. The van der Waals surface area contributed by atoms with E-state index in [-0.39, 0.29) is 0 Å². The smallest absolute Gasteiger partial charge is 0.244 e. The Bertz CT molecular complexity index is 544. The lowest BCUT2D eigenvalue weighted by molar-refractivity contribution is -0.0724. The number of hydrogen-bond acceptors (Lipinski definition) is 7. The number of hydrogen-bond donors (Lipinski definition) is 4. The van der Waals surface area contributed by atoms with Crippen molar-refractivity contribution < 1.29 is 33.6 Å². The monoisotopic (exact) mass is 467 g/mol. The molecule has 0 saturated carbocycles. The number of nitrogens with zero attached hydrogens (tertiary/aromatic N) is 1. The lowest BCUT2D eigenvalue weighted by Crippen LogP contribution is -2.45. The maximum Gasteiger partial charge on any atom is 0.244 e. The summed E-state index contributed by atoms with van der Waals surface area (Å²) in [7, 11) is -4.04. The Labute approximate surface area is 188 Å². The summed E-state index contributed by atoms with van der Waals surface area (Å²) < 4.78 is 33.3. The molecule has 0 spiro atoms. The van der Waals surface area contributed by atoms with Crippen LogP contribution in [0.5, 0.6) is 0 Å². The third-order valence-corrected chi connectivity index (χ3v) is 8.06. The average molecular weight is 468 g/mol. The van der Waals surface area contributed by atoms with Crippen molar-refractivity contribution in [2.45, 2.75) is 121 Å². The van der Waals surface area contributed by atoms with Crippen molar-refractivity contribution in [2.75, 3.05) is 19.7 Å². The molecule has 8 nitrogen and oxygen atoms in total. The van der Waals surface area contributed by atoms with Crippen LogP contribution in [0.3, 0.4) is 0 Å². The van der Waals surface area contributed by atoms with Crippen LogP contribution in [0.15, 0.2) is 0 Å². The first-order valence-corrected chi connectivity index (χ1v) is 13.6. The molecule has 1 saturated heterocycles. The Kier molecular flexibility index (Phi) is 14.4. The predicted molar refractivity (Wildman–Crippen MR) is 121 cm³/mol. The Morgan fingerprint density at radius 1 is 0.806 bits per heavy atom. The molecule has 1 heterocycles. The van der Waals surface area contributed by atoms with Gasteiger partial charge in [0.15, 0.2) is 0 Å². The quantitative estimate of drug-likeness (QED) is 0.227. The van der Waals surface area contributed by atoms with Crippen molar-refractivity contribution in [2.24, 2.45) is 0 Å². The second-order valence-electron chi connectivity index (χ2n) is 8.68. The second kappa shape index (κ2) is 15.5. The van der Waals surface area contributed by atoms with E-state index >= 15 is 0 Å². The Morgan fingerprint density at radius 3 is 1.71 bits per heavy atom. The number of aliphatic hydroxyl groups excluding tert-OH is 4. The maximum atomic E-state index is 13.3. The zero-order valence-electron chi connectivity index (χ0n) is 19.4. The summed E-state index contributed by atoms with van der Waals surface area (Å²) in [4.78, 5) is 0. The van der Waals surface area contributed by atoms with Crippen LogP contribution < -0.4 is 0 Å². The minimum absolute atomic E-state index is 0.347. The first kappa shape index (κ1) is 28.7. The zero-order valence-corrected chi connectivity index (χ0v) is 20.2. The summed E-state index contributed by atoms with van der Waals surface area (Å²) in [5.74, 6) is 0. The first-order valence-electron chi connectivity index (χ1n) is 12.1. The highest BCUT2D eigenvalue weighted by molar-refractivity contribution is 7.89. The van der Waals surface area contributed by atoms with Gasteiger partial charge in [0.2, 0.25) is 15.5 Å². The van der Waals surface area contributed by atoms with E-state index in [1.165, 1.54) is 17.1 Å². The second-order valence-corrected chi connectivity index (χ2v) is 10.7. The fourth-order valence-corrected chi connectivity index (χ4v) is 5.83. The molecule has 1 fully saturated rings. The van der Waals surface area contributed by atoms with Gasteiger partial charge >= 0.3 is 0 Å². The summed E-state index contributed by atoms with van der Waals surface area (Å²) >= 11 is 0. The highest BCUT2D eigenvalue weighted by Crippen LogP contribution is 2.29. The highest BCUT2D eigenvalue weighted by atomic mass is 32.2. The molecule has 1 rings (SSSR count). The van der Waals surface area contributed by atoms with Crippen molar-refractivity contribution in [3.05, 3.63) is 0 Å². The number of aliphatic hydroxyl groups is 4. The molecule has 186 valence electrons. The van der Waals surface area contributed by atoms with Crippen LogP contribution >= 0.6 is 0 Å². The summed E-state index contributed by atoms with van der Waals surface area (Å²) in [6.45, 7) is 4.30. The lowest BCUT2D eigenvalue weighted by Gasteiger charge is -2.27. The molecule has 31 heavy (non-hydrogen) atoms. The number of rotatable bonds is 18. The van der Waals surface area contributed by atoms with Gasteiger partial charge in [0.05, 0.1) is 6.61 Å². The molecule has 0 bridgehead atoms. The molecule has 0 unspecified atom stereocenters. The van der Waals surface area contributed by atoms with Gasteiger partial charge in [-0.15, -0.1) is 0 Å². The fourth-order valence-electron chi connectivity index (χ4n) is 3.99. The summed E-state index contributed by atoms with van der Waals surface area (Å²) in [6.07, 6.45) is 6.32. The third-order valence-electron chi connectivity index (χ3n) is 6.00. The standard InChI is InChI=1S/C22H45NO7S/c1-3-5-7-9-11-13-15-23(16-14-12-10-8-6-4-2)31(28,29)22-20(27)19(26)21(30-22)18(25)17-24/h18-22,24-27H,3-17H2,1-2H3/t18-,19+,20+,21-,22-/m0/s1. The van der Waals surface area contributed by atoms with Gasteiger partial charge in [-0.1, -0.05) is 78.1 Å². The van der Waals surface area contributed by atoms with Crippen LogP contribution in [-0.2, 0) is 14.8 Å². The van der Waals surface area contributed by atoms with Crippen molar-refractivity contribution in [3.8, 4) is 0 Å². The van der Waals surface area contributed by atoms with Crippen LogP contribution in [0, 0.1) is 0 Å². The lowest BCUT2D eigenvalue weighted by atomic mass is 10.1. The van der Waals surface area contributed by atoms with Crippen LogP contribution in [0.2, 0.25) is 0 Å². The molecule has 0 amide bonds. The molecule has 1 aliphatic heterocycles. The molecular formula is C22H45NO7S. The normalized spacial score (nSPS) is 25.4. The molecule has 0 radical (unpaired) electrons. The summed E-state index contributed by atoms with van der Waals surface area (Å²) in [5.41, 5.74) is -1.64. The van der Waals surface area contributed by atoms with Crippen LogP contribution in [0.4, 0.5) is 0 Å². The van der Waals surface area contributed by atoms with E-state index in [1.807, 2.05) is 0 Å². The molecule has 4 N–H and O–H groups in total. The number of sulfonamides is 1. The van der Waals surface area contributed by atoms with Crippen LogP contribution in [-0.4, -0.2) is 82.7 Å². The van der Waals surface area contributed by atoms with Crippen molar-refractivity contribution in [1.82, 2.24) is 4.31 Å². The molecule has 5 atom stereocenters. The Morgan fingerprint density at radius 2 is 1.26 bits per heavy atom. The largest absolute Gasteiger partial charge is 0.394 e. The summed E-state index contributed by atoms with van der Waals surface area (Å²) in [5, 5.41) is 39.4. The van der Waals surface area contributed by atoms with E-state index in [9.17, 15) is 23.7 Å². The van der Waals surface area contributed by atoms with E-state index in [4.69, 9.17) is 9.84 Å². The molecule has 0 aromatic rings. The summed E-state index contributed by atoms with van der Waals surface area (Å²) in [6, 6.07) is 0. The molecule has 0 aromatic heterocycles. The number of unbranched alkanes of at least 4 members (excludes halogenated alkanes) is 10. The van der Waals surface area contributed by atoms with E-state index in [0.29, 0.717) is 13.1 Å². The topological polar surface area (TPSA) is 128 Å². The Balaban J connectivity index is 2.75. The van der Waals surface area contributed by atoms with Gasteiger partial charge in [-0.2, -0.15) is 4.31 Å². The molecule has 0 aromatic carbocycles. The predicted octanol–water partition coefficient (Wildman–Crippen LogP) is 2.14. The van der Waals surface area contributed by atoms with Gasteiger partial charge in [-0.05, 0) is 12.8 Å². The van der Waals surface area contributed by atoms with Crippen LogP contribution in [0.25, 0.3) is 0 Å². The molecule has 1 aliphatic rings. The van der Waals surface area contributed by atoms with E-state index in [0.717, 1.165) is 64.2 Å². The van der Waals surface area contributed by atoms with Gasteiger partial charge in [-0.25, -0.2) is 8.42 Å². The van der Waals surface area contributed by atoms with Gasteiger partial charge in [0, 0.05) is 13.1 Å². The maximum absolute atomic E-state index is 13.3. The first-order chi connectivity index (χ1) is 14.8. The van der Waals surface area contributed by atoms with Gasteiger partial charge in [0.1, 0.15) is 24.4 Å². The van der Waals surface area contributed by atoms with Crippen LogP contribution in [0.1, 0.15) is 90.9 Å². The van der Waals surface area contributed by atoms with E-state index < -0.39 is 46.5 Å². The van der Waals surface area contributed by atoms with Gasteiger partial charge in [-0.3, -0.25) is 0 Å². The molecule has 0 aliphatic carbocycles. The molecular weight excluding hydrogens is 422 g/mol. The van der Waals surface area contributed by atoms with Gasteiger partial charge < -0.3 is 25.2 Å². The van der Waals surface area contributed by atoms with Gasteiger partial charge in [0.25, 0.3) is 0 Å². The number of ether oxygens (including phenoxy) is 1. The average Bonchev–Trinajstić information content (AvgIpc) is 3.06. The minimum Gasteiger partial charge on any atom is -0.394 e. The fraction of sp³-hybridized carbons (Fsp3) is 1.00. The van der Waals surface area contributed by atoms with Crippen molar-refractivity contribution in [3.63, 3.8) is 0 Å². The third kappa shape index (κ3) is 9.23. The van der Waals surface area contributed by atoms with Crippen molar-refractivity contribution in [1.29, 1.82) is 0 Å².